The molecule has 0 radical (unpaired) electrons. The first-order chi connectivity index (χ1) is 10.4. The molecule has 2 rings (SSSR count). The fraction of sp³-hybridized carbons (Fsp3) is 0.429. The van der Waals surface area contributed by atoms with Gasteiger partial charge in [-0.1, -0.05) is 53.0 Å². The van der Waals surface area contributed by atoms with Crippen LogP contribution in [0.1, 0.15) is 12.8 Å². The molecule has 1 aliphatic heterocycles. The molecule has 0 bridgehead atoms. The molecule has 5 nitrogen and oxygen atoms in total. The zero-order valence-corrected chi connectivity index (χ0v) is 13.9. The van der Waals surface area contributed by atoms with Crippen LogP contribution >= 0.6 is 34.8 Å². The minimum atomic E-state index is -1.67. The molecule has 120 valence electrons. The summed E-state index contributed by atoms with van der Waals surface area (Å²) in [6.45, 7) is 0.0750. The molecule has 22 heavy (non-hydrogen) atoms. The van der Waals surface area contributed by atoms with E-state index in [-0.39, 0.29) is 12.5 Å². The minimum absolute atomic E-state index is 0.255. The number of halogens is 3. The quantitative estimate of drug-likeness (QED) is 0.833. The molecular formula is C14H15Cl3N2O3. The predicted octanol–water partition coefficient (Wildman–Crippen LogP) is 3.60. The number of likely N-dealkylation sites (tertiary alicyclic amines) is 1. The zero-order chi connectivity index (χ0) is 16.2. The Labute approximate surface area is 143 Å². The van der Waals surface area contributed by atoms with E-state index in [1.54, 1.807) is 12.1 Å². The third-order valence-corrected chi connectivity index (χ3v) is 3.52. The van der Waals surface area contributed by atoms with Crippen LogP contribution in [0.25, 0.3) is 0 Å². The Bertz CT molecular complexity index is 534. The maximum Gasteiger partial charge on any atom is 0.410 e. The average molecular weight is 366 g/mol. The number of anilines is 1. The van der Waals surface area contributed by atoms with Crippen molar-refractivity contribution in [3.05, 3.63) is 30.3 Å². The van der Waals surface area contributed by atoms with Gasteiger partial charge in [-0.3, -0.25) is 9.69 Å². The number of nitrogens with zero attached hydrogens (tertiary/aromatic N) is 1. The Morgan fingerprint density at radius 1 is 1.27 bits per heavy atom. The highest BCUT2D eigenvalue weighted by atomic mass is 35.6. The van der Waals surface area contributed by atoms with Gasteiger partial charge in [0.1, 0.15) is 12.6 Å². The fourth-order valence-corrected chi connectivity index (χ4v) is 2.40. The van der Waals surface area contributed by atoms with E-state index in [4.69, 9.17) is 39.5 Å². The standard InChI is InChI=1S/C14H15Cl3N2O3/c15-14(16,17)9-22-13(21)19-8-4-7-11(19)12(20)18-10-5-2-1-3-6-10/h1-3,5-6,11H,4,7-9H2,(H,18,20)/t11-/m0/s1. The molecular weight excluding hydrogens is 351 g/mol. The van der Waals surface area contributed by atoms with Gasteiger partial charge in [0.05, 0.1) is 0 Å². The van der Waals surface area contributed by atoms with Crippen molar-refractivity contribution in [1.29, 1.82) is 0 Å². The molecule has 1 heterocycles. The van der Waals surface area contributed by atoms with Gasteiger partial charge >= 0.3 is 6.09 Å². The fourth-order valence-electron chi connectivity index (χ4n) is 2.23. The van der Waals surface area contributed by atoms with E-state index in [9.17, 15) is 9.59 Å². The Morgan fingerprint density at radius 2 is 1.95 bits per heavy atom. The van der Waals surface area contributed by atoms with Gasteiger partial charge in [0, 0.05) is 12.2 Å². The van der Waals surface area contributed by atoms with Gasteiger partial charge in [-0.2, -0.15) is 0 Å². The van der Waals surface area contributed by atoms with E-state index >= 15 is 0 Å². The van der Waals surface area contributed by atoms with Crippen LogP contribution in [0.2, 0.25) is 0 Å². The molecule has 1 aliphatic rings. The zero-order valence-electron chi connectivity index (χ0n) is 11.6. The van der Waals surface area contributed by atoms with Crippen LogP contribution in [-0.2, 0) is 9.53 Å². The van der Waals surface area contributed by atoms with Gasteiger partial charge in [0.15, 0.2) is 0 Å². The van der Waals surface area contributed by atoms with Crippen LogP contribution in [0.5, 0.6) is 0 Å². The summed E-state index contributed by atoms with van der Waals surface area (Å²) in [7, 11) is 0. The third-order valence-electron chi connectivity index (χ3n) is 3.19. The number of hydrogen-bond donors (Lipinski definition) is 1. The summed E-state index contributed by atoms with van der Waals surface area (Å²) in [5.41, 5.74) is 0.675. The minimum Gasteiger partial charge on any atom is -0.445 e. The summed E-state index contributed by atoms with van der Waals surface area (Å²) >= 11 is 16.6. The highest BCUT2D eigenvalue weighted by Gasteiger charge is 2.36. The second kappa shape index (κ2) is 7.40. The number of ether oxygens (including phenoxy) is 1. The van der Waals surface area contributed by atoms with E-state index in [2.05, 4.69) is 5.32 Å². The Balaban J connectivity index is 1.95. The SMILES string of the molecule is O=C(Nc1ccccc1)[C@@H]1CCCN1C(=O)OCC(Cl)(Cl)Cl. The Hall–Kier alpha value is -1.17. The first kappa shape index (κ1) is 17.2. The summed E-state index contributed by atoms with van der Waals surface area (Å²) in [6.07, 6.45) is 0.633. The van der Waals surface area contributed by atoms with Crippen LogP contribution in [0.3, 0.4) is 0 Å². The lowest BCUT2D eigenvalue weighted by atomic mass is 10.2. The Kier molecular flexibility index (Phi) is 5.78. The summed E-state index contributed by atoms with van der Waals surface area (Å²) in [6, 6.07) is 8.46. The van der Waals surface area contributed by atoms with E-state index in [0.29, 0.717) is 18.7 Å². The number of carbonyl (C=O) groups is 2. The van der Waals surface area contributed by atoms with Gasteiger partial charge in [-0.15, -0.1) is 0 Å². The summed E-state index contributed by atoms with van der Waals surface area (Å²) in [5, 5.41) is 2.77. The molecule has 0 spiro atoms. The van der Waals surface area contributed by atoms with Crippen molar-refractivity contribution in [2.75, 3.05) is 18.5 Å². The van der Waals surface area contributed by atoms with E-state index in [1.165, 1.54) is 4.90 Å². The van der Waals surface area contributed by atoms with E-state index < -0.39 is 15.9 Å². The second-order valence-electron chi connectivity index (χ2n) is 4.88. The topological polar surface area (TPSA) is 58.6 Å². The number of para-hydroxylation sites is 1. The average Bonchev–Trinajstić information content (AvgIpc) is 2.94. The number of rotatable bonds is 3. The molecule has 1 aromatic rings. The van der Waals surface area contributed by atoms with Gasteiger partial charge in [-0.25, -0.2) is 4.79 Å². The maximum absolute atomic E-state index is 12.3. The highest BCUT2D eigenvalue weighted by molar-refractivity contribution is 6.67. The number of carbonyl (C=O) groups excluding carboxylic acids is 2. The first-order valence-corrected chi connectivity index (χ1v) is 7.86. The van der Waals surface area contributed by atoms with E-state index in [1.807, 2.05) is 18.2 Å². The smallest absolute Gasteiger partial charge is 0.410 e. The molecule has 1 atom stereocenters. The van der Waals surface area contributed by atoms with E-state index in [0.717, 1.165) is 6.42 Å². The van der Waals surface area contributed by atoms with Gasteiger partial charge < -0.3 is 10.1 Å². The van der Waals surface area contributed by atoms with Crippen molar-refractivity contribution in [3.63, 3.8) is 0 Å². The molecule has 0 unspecified atom stereocenters. The first-order valence-electron chi connectivity index (χ1n) is 6.73. The molecule has 1 fully saturated rings. The molecule has 8 heteroatoms. The monoisotopic (exact) mass is 364 g/mol. The van der Waals surface area contributed by atoms with Crippen LogP contribution in [0.4, 0.5) is 10.5 Å². The van der Waals surface area contributed by atoms with Gasteiger partial charge in [0.2, 0.25) is 9.70 Å². The number of nitrogens with one attached hydrogen (secondary N) is 1. The summed E-state index contributed by atoms with van der Waals surface area (Å²) in [5.74, 6) is -0.255. The lowest BCUT2D eigenvalue weighted by Crippen LogP contribution is -2.44. The summed E-state index contributed by atoms with van der Waals surface area (Å²) in [4.78, 5) is 25.7. The molecule has 1 aromatic carbocycles. The number of hydrogen-bond acceptors (Lipinski definition) is 3. The number of alkyl halides is 3. The van der Waals surface area contributed by atoms with Gasteiger partial charge in [0.25, 0.3) is 0 Å². The molecule has 0 saturated carbocycles. The van der Waals surface area contributed by atoms with Crippen LogP contribution in [-0.4, -0.2) is 39.9 Å². The van der Waals surface area contributed by atoms with Crippen molar-refractivity contribution in [1.82, 2.24) is 4.90 Å². The molecule has 0 aromatic heterocycles. The number of amides is 2. The van der Waals surface area contributed by atoms with Crippen LogP contribution < -0.4 is 5.32 Å². The van der Waals surface area contributed by atoms with Crippen molar-refractivity contribution < 1.29 is 14.3 Å². The summed E-state index contributed by atoms with van der Waals surface area (Å²) < 4.78 is 3.26. The molecule has 0 aliphatic carbocycles. The Morgan fingerprint density at radius 3 is 2.59 bits per heavy atom. The lowest BCUT2D eigenvalue weighted by molar-refractivity contribution is -0.120. The van der Waals surface area contributed by atoms with Crippen LogP contribution in [0, 0.1) is 0 Å². The largest absolute Gasteiger partial charge is 0.445 e. The normalized spacial score (nSPS) is 18.1. The van der Waals surface area contributed by atoms with Gasteiger partial charge in [-0.05, 0) is 25.0 Å². The van der Waals surface area contributed by atoms with Crippen molar-refractivity contribution in [2.24, 2.45) is 0 Å². The number of benzene rings is 1. The third kappa shape index (κ3) is 4.93. The highest BCUT2D eigenvalue weighted by Crippen LogP contribution is 2.27. The second-order valence-corrected chi connectivity index (χ2v) is 7.39. The van der Waals surface area contributed by atoms with Crippen molar-refractivity contribution >= 4 is 52.5 Å². The van der Waals surface area contributed by atoms with Crippen molar-refractivity contribution in [3.8, 4) is 0 Å². The lowest BCUT2D eigenvalue weighted by Gasteiger charge is -2.24. The molecule has 1 saturated heterocycles. The molecule has 1 N–H and O–H groups in total. The van der Waals surface area contributed by atoms with Crippen LogP contribution in [0.15, 0.2) is 30.3 Å². The molecule has 2 amide bonds. The maximum atomic E-state index is 12.3. The van der Waals surface area contributed by atoms with Crippen molar-refractivity contribution in [2.45, 2.75) is 22.7 Å². The predicted molar refractivity (Wildman–Crippen MR) is 86.4 cm³/mol.